The first-order valence-electron chi connectivity index (χ1n) is 5.75. The van der Waals surface area contributed by atoms with Crippen LogP contribution in [0.1, 0.15) is 25.3 Å². The predicted molar refractivity (Wildman–Crippen MR) is 68.3 cm³/mol. The quantitative estimate of drug-likeness (QED) is 0.838. The second-order valence-corrected chi connectivity index (χ2v) is 6.23. The summed E-state index contributed by atoms with van der Waals surface area (Å²) in [4.78, 5) is 0.336. The van der Waals surface area contributed by atoms with E-state index in [0.717, 1.165) is 24.0 Å². The van der Waals surface area contributed by atoms with Crippen LogP contribution in [0.4, 0.5) is 0 Å². The average Bonchev–Trinajstić information content (AvgIpc) is 2.64. The fourth-order valence-electron chi connectivity index (χ4n) is 1.97. The van der Waals surface area contributed by atoms with Crippen molar-refractivity contribution >= 4 is 10.0 Å². The molecule has 0 radical (unpaired) electrons. The number of rotatable bonds is 3. The highest BCUT2D eigenvalue weighted by Crippen LogP contribution is 2.20. The molecule has 0 aromatic heterocycles. The number of allylic oxidation sites excluding steroid dienone is 1. The van der Waals surface area contributed by atoms with Gasteiger partial charge in [-0.05, 0) is 38.8 Å². The average molecular weight is 251 g/mol. The van der Waals surface area contributed by atoms with Crippen molar-refractivity contribution in [1.29, 1.82) is 0 Å². The second kappa shape index (κ2) is 4.63. The van der Waals surface area contributed by atoms with Crippen LogP contribution >= 0.6 is 0 Å². The third-order valence-electron chi connectivity index (χ3n) is 3.10. The van der Waals surface area contributed by atoms with Crippen molar-refractivity contribution in [2.24, 2.45) is 0 Å². The molecule has 3 nitrogen and oxygen atoms in total. The minimum Gasteiger partial charge on any atom is -0.207 e. The Labute approximate surface area is 103 Å². The molecule has 1 aliphatic carbocycles. The molecule has 0 amide bonds. The standard InChI is InChI=1S/C13H17NO2S/c1-10-6-8-12(9-7-10)17(15,16)14-13-5-3-4-11(13)2/h4,6-9,13-14H,3,5H2,1-2H3. The second-order valence-electron chi connectivity index (χ2n) is 4.51. The van der Waals surface area contributed by atoms with Crippen LogP contribution in [0.2, 0.25) is 0 Å². The zero-order valence-corrected chi connectivity index (χ0v) is 10.9. The van der Waals surface area contributed by atoms with Gasteiger partial charge in [0.15, 0.2) is 0 Å². The van der Waals surface area contributed by atoms with E-state index >= 15 is 0 Å². The van der Waals surface area contributed by atoms with E-state index in [1.54, 1.807) is 12.1 Å². The number of sulfonamides is 1. The van der Waals surface area contributed by atoms with Crippen LogP contribution in [-0.4, -0.2) is 14.5 Å². The van der Waals surface area contributed by atoms with Crippen molar-refractivity contribution in [3.8, 4) is 0 Å². The molecule has 1 N–H and O–H groups in total. The highest BCUT2D eigenvalue weighted by atomic mass is 32.2. The lowest BCUT2D eigenvalue weighted by Gasteiger charge is -2.14. The third kappa shape index (κ3) is 2.76. The zero-order chi connectivity index (χ0) is 12.5. The van der Waals surface area contributed by atoms with Gasteiger partial charge in [0.25, 0.3) is 0 Å². The molecule has 0 bridgehead atoms. The molecule has 0 fully saturated rings. The van der Waals surface area contributed by atoms with Gasteiger partial charge in [-0.1, -0.05) is 29.3 Å². The number of hydrogen-bond donors (Lipinski definition) is 1. The van der Waals surface area contributed by atoms with E-state index in [1.807, 2.05) is 26.0 Å². The van der Waals surface area contributed by atoms with E-state index in [1.165, 1.54) is 0 Å². The van der Waals surface area contributed by atoms with Crippen LogP contribution in [0.25, 0.3) is 0 Å². The SMILES string of the molecule is CC1=CCCC1NS(=O)(=O)c1ccc(C)cc1. The summed E-state index contributed by atoms with van der Waals surface area (Å²) < 4.78 is 27.0. The maximum absolute atomic E-state index is 12.1. The molecule has 1 aromatic carbocycles. The minimum absolute atomic E-state index is 0.0405. The van der Waals surface area contributed by atoms with Gasteiger partial charge >= 0.3 is 0 Å². The smallest absolute Gasteiger partial charge is 0.207 e. The molecule has 0 saturated heterocycles. The molecule has 4 heteroatoms. The van der Waals surface area contributed by atoms with Crippen molar-refractivity contribution in [3.63, 3.8) is 0 Å². The van der Waals surface area contributed by atoms with E-state index in [4.69, 9.17) is 0 Å². The maximum atomic E-state index is 12.1. The molecule has 1 aromatic rings. The summed E-state index contributed by atoms with van der Waals surface area (Å²) in [5.74, 6) is 0. The molecule has 2 rings (SSSR count). The lowest BCUT2D eigenvalue weighted by atomic mass is 10.2. The Hall–Kier alpha value is -1.13. The lowest BCUT2D eigenvalue weighted by Crippen LogP contribution is -2.34. The third-order valence-corrected chi connectivity index (χ3v) is 4.59. The topological polar surface area (TPSA) is 46.2 Å². The van der Waals surface area contributed by atoms with Crippen molar-refractivity contribution in [1.82, 2.24) is 4.72 Å². The Balaban J connectivity index is 2.19. The summed E-state index contributed by atoms with van der Waals surface area (Å²) in [6, 6.07) is 6.87. The predicted octanol–water partition coefficient (Wildman–Crippen LogP) is 2.38. The molecule has 0 aliphatic heterocycles. The zero-order valence-electron chi connectivity index (χ0n) is 10.1. The van der Waals surface area contributed by atoms with Crippen molar-refractivity contribution in [2.75, 3.05) is 0 Å². The number of benzene rings is 1. The molecule has 0 saturated carbocycles. The molecule has 1 atom stereocenters. The molecule has 0 spiro atoms. The largest absolute Gasteiger partial charge is 0.241 e. The Morgan fingerprint density at radius 3 is 2.35 bits per heavy atom. The van der Waals surface area contributed by atoms with Crippen LogP contribution in [-0.2, 0) is 10.0 Å². The van der Waals surface area contributed by atoms with Crippen molar-refractivity contribution < 1.29 is 8.42 Å². The normalized spacial score (nSPS) is 20.4. The van der Waals surface area contributed by atoms with Gasteiger partial charge in [-0.2, -0.15) is 0 Å². The van der Waals surface area contributed by atoms with Crippen LogP contribution in [0, 0.1) is 6.92 Å². The molecular weight excluding hydrogens is 234 g/mol. The first kappa shape index (κ1) is 12.3. The van der Waals surface area contributed by atoms with Gasteiger partial charge in [-0.25, -0.2) is 13.1 Å². The Morgan fingerprint density at radius 2 is 1.82 bits per heavy atom. The summed E-state index contributed by atoms with van der Waals surface area (Å²) >= 11 is 0. The van der Waals surface area contributed by atoms with E-state index in [-0.39, 0.29) is 6.04 Å². The fourth-order valence-corrected chi connectivity index (χ4v) is 3.28. The van der Waals surface area contributed by atoms with Crippen LogP contribution in [0.15, 0.2) is 40.8 Å². The Bertz CT molecular complexity index is 529. The molecule has 0 heterocycles. The first-order chi connectivity index (χ1) is 7.99. The van der Waals surface area contributed by atoms with Gasteiger partial charge in [0.05, 0.1) is 4.90 Å². The summed E-state index contributed by atoms with van der Waals surface area (Å²) in [7, 11) is -3.38. The lowest BCUT2D eigenvalue weighted by molar-refractivity contribution is 0.564. The van der Waals surface area contributed by atoms with Gasteiger partial charge in [0.2, 0.25) is 10.0 Å². The van der Waals surface area contributed by atoms with Gasteiger partial charge in [0, 0.05) is 6.04 Å². The monoisotopic (exact) mass is 251 g/mol. The van der Waals surface area contributed by atoms with Crippen LogP contribution < -0.4 is 4.72 Å². The highest BCUT2D eigenvalue weighted by Gasteiger charge is 2.23. The van der Waals surface area contributed by atoms with E-state index in [2.05, 4.69) is 10.8 Å². The Morgan fingerprint density at radius 1 is 1.18 bits per heavy atom. The summed E-state index contributed by atoms with van der Waals surface area (Å²) in [5.41, 5.74) is 2.17. The summed E-state index contributed by atoms with van der Waals surface area (Å²) in [6.45, 7) is 3.91. The number of hydrogen-bond acceptors (Lipinski definition) is 2. The van der Waals surface area contributed by atoms with Crippen molar-refractivity contribution in [2.45, 2.75) is 37.6 Å². The van der Waals surface area contributed by atoms with Gasteiger partial charge < -0.3 is 0 Å². The van der Waals surface area contributed by atoms with Crippen molar-refractivity contribution in [3.05, 3.63) is 41.5 Å². The Kier molecular flexibility index (Phi) is 3.35. The summed E-state index contributed by atoms with van der Waals surface area (Å²) in [6.07, 6.45) is 3.90. The van der Waals surface area contributed by atoms with Crippen LogP contribution in [0.5, 0.6) is 0 Å². The highest BCUT2D eigenvalue weighted by molar-refractivity contribution is 7.89. The first-order valence-corrected chi connectivity index (χ1v) is 7.23. The minimum atomic E-state index is -3.38. The number of nitrogens with one attached hydrogen (secondary N) is 1. The maximum Gasteiger partial charge on any atom is 0.241 e. The van der Waals surface area contributed by atoms with E-state index < -0.39 is 10.0 Å². The van der Waals surface area contributed by atoms with E-state index in [0.29, 0.717) is 4.90 Å². The fraction of sp³-hybridized carbons (Fsp3) is 0.385. The van der Waals surface area contributed by atoms with Crippen LogP contribution in [0.3, 0.4) is 0 Å². The molecule has 1 unspecified atom stereocenters. The van der Waals surface area contributed by atoms with Gasteiger partial charge in [-0.3, -0.25) is 0 Å². The van der Waals surface area contributed by atoms with Gasteiger partial charge in [0.1, 0.15) is 0 Å². The summed E-state index contributed by atoms with van der Waals surface area (Å²) in [5, 5.41) is 0. The molecule has 92 valence electrons. The number of aryl methyl sites for hydroxylation is 1. The molecular formula is C13H17NO2S. The molecule has 1 aliphatic rings. The molecule has 17 heavy (non-hydrogen) atoms. The van der Waals surface area contributed by atoms with E-state index in [9.17, 15) is 8.42 Å². The van der Waals surface area contributed by atoms with Gasteiger partial charge in [-0.15, -0.1) is 0 Å².